The number of hydrogen-bond acceptors (Lipinski definition) is 4. The molecule has 4 nitrogen and oxygen atoms in total. The van der Waals surface area contributed by atoms with E-state index in [9.17, 15) is 4.79 Å². The summed E-state index contributed by atoms with van der Waals surface area (Å²) in [6.45, 7) is 5.49. The molecule has 1 N–H and O–H groups in total. The predicted molar refractivity (Wildman–Crippen MR) is 76.2 cm³/mol. The maximum Gasteiger partial charge on any atom is 0.319 e. The Balaban J connectivity index is 1.90. The topological polar surface area (TPSA) is 41.6 Å². The molecule has 4 heteroatoms. The number of carbonyl (C=O) groups excluding carboxylic acids is 1. The van der Waals surface area contributed by atoms with Crippen molar-refractivity contribution in [1.82, 2.24) is 5.32 Å². The summed E-state index contributed by atoms with van der Waals surface area (Å²) < 4.78 is 4.90. The third-order valence-electron chi connectivity index (χ3n) is 3.33. The third-order valence-corrected chi connectivity index (χ3v) is 3.33. The van der Waals surface area contributed by atoms with Crippen LogP contribution in [0.2, 0.25) is 0 Å². The van der Waals surface area contributed by atoms with E-state index >= 15 is 0 Å². The molecule has 1 aliphatic heterocycles. The van der Waals surface area contributed by atoms with Crippen molar-refractivity contribution >= 4 is 11.7 Å². The van der Waals surface area contributed by atoms with E-state index in [4.69, 9.17) is 4.74 Å². The number of anilines is 1. The highest BCUT2D eigenvalue weighted by atomic mass is 16.5. The smallest absolute Gasteiger partial charge is 0.319 e. The standard InChI is InChI=1S/C15H22N2O2/c1-2-19-15(18)12-16-11-13-7-3-4-8-14(13)17-9-5-6-10-17/h3-4,7-8,16H,2,5-6,9-12H2,1H3. The largest absolute Gasteiger partial charge is 0.465 e. The van der Waals surface area contributed by atoms with Gasteiger partial charge in [0.05, 0.1) is 13.2 Å². The van der Waals surface area contributed by atoms with Gasteiger partial charge in [-0.3, -0.25) is 4.79 Å². The van der Waals surface area contributed by atoms with E-state index in [0.717, 1.165) is 13.1 Å². The first-order valence-electron chi connectivity index (χ1n) is 7.00. The fourth-order valence-electron chi connectivity index (χ4n) is 2.44. The Morgan fingerprint density at radius 1 is 1.32 bits per heavy atom. The molecule has 1 aromatic rings. The monoisotopic (exact) mass is 262 g/mol. The van der Waals surface area contributed by atoms with Crippen LogP contribution in [0, 0.1) is 0 Å². The second-order valence-corrected chi connectivity index (χ2v) is 4.73. The van der Waals surface area contributed by atoms with Gasteiger partial charge >= 0.3 is 5.97 Å². The average Bonchev–Trinajstić information content (AvgIpc) is 2.93. The molecule has 1 aliphatic rings. The number of esters is 1. The predicted octanol–water partition coefficient (Wildman–Crippen LogP) is 1.94. The lowest BCUT2D eigenvalue weighted by Gasteiger charge is -2.21. The van der Waals surface area contributed by atoms with Crippen LogP contribution in [0.5, 0.6) is 0 Å². The molecule has 19 heavy (non-hydrogen) atoms. The van der Waals surface area contributed by atoms with Crippen LogP contribution in [-0.4, -0.2) is 32.2 Å². The van der Waals surface area contributed by atoms with Crippen molar-refractivity contribution in [3.05, 3.63) is 29.8 Å². The fraction of sp³-hybridized carbons (Fsp3) is 0.533. The van der Waals surface area contributed by atoms with Gasteiger partial charge in [-0.2, -0.15) is 0 Å². The number of ether oxygens (including phenoxy) is 1. The van der Waals surface area contributed by atoms with Crippen LogP contribution in [0.4, 0.5) is 5.69 Å². The molecule has 1 heterocycles. The number of para-hydroxylation sites is 1. The number of carbonyl (C=O) groups is 1. The second-order valence-electron chi connectivity index (χ2n) is 4.73. The molecular weight excluding hydrogens is 240 g/mol. The van der Waals surface area contributed by atoms with Crippen LogP contribution in [0.1, 0.15) is 25.3 Å². The summed E-state index contributed by atoms with van der Waals surface area (Å²) >= 11 is 0. The van der Waals surface area contributed by atoms with Gasteiger partial charge in [-0.25, -0.2) is 0 Å². The van der Waals surface area contributed by atoms with Crippen LogP contribution in [0.3, 0.4) is 0 Å². The highest BCUT2D eigenvalue weighted by molar-refractivity contribution is 5.71. The molecule has 0 aromatic heterocycles. The molecule has 1 aromatic carbocycles. The van der Waals surface area contributed by atoms with Crippen molar-refractivity contribution in [2.45, 2.75) is 26.3 Å². The van der Waals surface area contributed by atoms with Crippen molar-refractivity contribution in [2.75, 3.05) is 31.1 Å². The minimum Gasteiger partial charge on any atom is -0.465 e. The summed E-state index contributed by atoms with van der Waals surface area (Å²) in [6.07, 6.45) is 2.54. The van der Waals surface area contributed by atoms with Gasteiger partial charge in [-0.05, 0) is 31.4 Å². The van der Waals surface area contributed by atoms with Gasteiger partial charge in [0.15, 0.2) is 0 Å². The Labute approximate surface area is 114 Å². The van der Waals surface area contributed by atoms with E-state index < -0.39 is 0 Å². The zero-order valence-electron chi connectivity index (χ0n) is 11.5. The zero-order valence-corrected chi connectivity index (χ0v) is 11.5. The van der Waals surface area contributed by atoms with Gasteiger partial charge in [-0.1, -0.05) is 18.2 Å². The van der Waals surface area contributed by atoms with Crippen LogP contribution in [0.15, 0.2) is 24.3 Å². The lowest BCUT2D eigenvalue weighted by molar-refractivity contribution is -0.142. The molecule has 1 saturated heterocycles. The van der Waals surface area contributed by atoms with E-state index in [1.807, 2.05) is 13.0 Å². The number of rotatable bonds is 6. The van der Waals surface area contributed by atoms with Gasteiger partial charge in [0.25, 0.3) is 0 Å². The summed E-state index contributed by atoms with van der Waals surface area (Å²) in [4.78, 5) is 13.7. The van der Waals surface area contributed by atoms with Gasteiger partial charge in [0, 0.05) is 25.3 Å². The molecule has 104 valence electrons. The van der Waals surface area contributed by atoms with Crippen LogP contribution >= 0.6 is 0 Å². The fourth-order valence-corrected chi connectivity index (χ4v) is 2.44. The first kappa shape index (κ1) is 13.9. The number of hydrogen-bond donors (Lipinski definition) is 1. The summed E-state index contributed by atoms with van der Waals surface area (Å²) in [5.74, 6) is -0.193. The van der Waals surface area contributed by atoms with Crippen molar-refractivity contribution in [1.29, 1.82) is 0 Å². The van der Waals surface area contributed by atoms with E-state index in [1.54, 1.807) is 0 Å². The Morgan fingerprint density at radius 2 is 2.05 bits per heavy atom. The van der Waals surface area contributed by atoms with Crippen LogP contribution in [-0.2, 0) is 16.1 Å². The molecule has 0 spiro atoms. The normalized spacial score (nSPS) is 14.7. The van der Waals surface area contributed by atoms with E-state index in [1.165, 1.54) is 24.1 Å². The molecule has 1 fully saturated rings. The molecule has 0 saturated carbocycles. The number of nitrogens with zero attached hydrogens (tertiary/aromatic N) is 1. The lowest BCUT2D eigenvalue weighted by atomic mass is 10.1. The molecule has 0 bridgehead atoms. The van der Waals surface area contributed by atoms with E-state index in [0.29, 0.717) is 13.2 Å². The summed E-state index contributed by atoms with van der Waals surface area (Å²) in [7, 11) is 0. The van der Waals surface area contributed by atoms with Crippen molar-refractivity contribution in [3.8, 4) is 0 Å². The van der Waals surface area contributed by atoms with E-state index in [-0.39, 0.29) is 12.5 Å². The molecule has 0 unspecified atom stereocenters. The highest BCUT2D eigenvalue weighted by Crippen LogP contribution is 2.24. The molecule has 0 aliphatic carbocycles. The summed E-state index contributed by atoms with van der Waals surface area (Å²) in [6, 6.07) is 8.39. The first-order chi connectivity index (χ1) is 9.31. The van der Waals surface area contributed by atoms with Crippen LogP contribution < -0.4 is 10.2 Å². The maximum atomic E-state index is 11.3. The minimum absolute atomic E-state index is 0.193. The molecule has 2 rings (SSSR count). The molecule has 0 radical (unpaired) electrons. The van der Waals surface area contributed by atoms with Crippen molar-refractivity contribution in [2.24, 2.45) is 0 Å². The number of nitrogens with one attached hydrogen (secondary N) is 1. The summed E-state index contributed by atoms with van der Waals surface area (Å²) in [5, 5.41) is 3.15. The number of benzene rings is 1. The van der Waals surface area contributed by atoms with Gasteiger partial charge in [0.2, 0.25) is 0 Å². The van der Waals surface area contributed by atoms with Gasteiger partial charge in [-0.15, -0.1) is 0 Å². The quantitative estimate of drug-likeness (QED) is 0.796. The third kappa shape index (κ3) is 3.96. The lowest BCUT2D eigenvalue weighted by Crippen LogP contribution is -2.26. The van der Waals surface area contributed by atoms with Gasteiger partial charge in [0.1, 0.15) is 0 Å². The average molecular weight is 262 g/mol. The van der Waals surface area contributed by atoms with Crippen LogP contribution in [0.25, 0.3) is 0 Å². The Hall–Kier alpha value is -1.55. The maximum absolute atomic E-state index is 11.3. The van der Waals surface area contributed by atoms with Crippen molar-refractivity contribution in [3.63, 3.8) is 0 Å². The molecular formula is C15H22N2O2. The van der Waals surface area contributed by atoms with Gasteiger partial charge < -0.3 is 15.0 Å². The SMILES string of the molecule is CCOC(=O)CNCc1ccccc1N1CCCC1. The molecule has 0 amide bonds. The minimum atomic E-state index is -0.193. The second kappa shape index (κ2) is 7.14. The van der Waals surface area contributed by atoms with E-state index in [2.05, 4.69) is 28.4 Å². The molecule has 0 atom stereocenters. The Kier molecular flexibility index (Phi) is 5.21. The van der Waals surface area contributed by atoms with Crippen molar-refractivity contribution < 1.29 is 9.53 Å². The Bertz CT molecular complexity index is 414. The first-order valence-corrected chi connectivity index (χ1v) is 7.00. The Morgan fingerprint density at radius 3 is 2.79 bits per heavy atom. The highest BCUT2D eigenvalue weighted by Gasteiger charge is 2.15. The zero-order chi connectivity index (χ0) is 13.5. The summed E-state index contributed by atoms with van der Waals surface area (Å²) in [5.41, 5.74) is 2.53.